The molecule has 5 rings (SSSR count). The molecule has 1 aliphatic heterocycles. The first-order valence-electron chi connectivity index (χ1n) is 12.1. The minimum atomic E-state index is -0.749. The second-order valence-electron chi connectivity index (χ2n) is 8.79. The van der Waals surface area contributed by atoms with Gasteiger partial charge >= 0.3 is 5.97 Å². The molecule has 0 aliphatic carbocycles. The van der Waals surface area contributed by atoms with Gasteiger partial charge in [0.2, 0.25) is 5.91 Å². The van der Waals surface area contributed by atoms with Gasteiger partial charge in [-0.1, -0.05) is 42.5 Å². The van der Waals surface area contributed by atoms with Gasteiger partial charge in [-0.3, -0.25) is 19.3 Å². The fraction of sp³-hybridized carbons (Fsp3) is 0.172. The van der Waals surface area contributed by atoms with E-state index in [1.54, 1.807) is 53.9 Å². The quantitative estimate of drug-likeness (QED) is 0.323. The standard InChI is InChI=1S/C29H26N4O4S/c1-19(34)37-28-22-8-2-3-9-23(22)29(36)33(25-11-5-4-10-24(25)28)17-27(35)32-16-21-14-20(18-38-21)15-31-26-12-6-7-13-30-26/h2-14,18,28H,15-17H2,1H3,(H,30,31)(H,32,35). The highest BCUT2D eigenvalue weighted by molar-refractivity contribution is 7.10. The predicted octanol–water partition coefficient (Wildman–Crippen LogP) is 4.68. The van der Waals surface area contributed by atoms with Crippen LogP contribution in [0.5, 0.6) is 0 Å². The van der Waals surface area contributed by atoms with Crippen LogP contribution in [0.25, 0.3) is 0 Å². The van der Waals surface area contributed by atoms with Gasteiger partial charge in [0.25, 0.3) is 5.91 Å². The van der Waals surface area contributed by atoms with E-state index in [0.29, 0.717) is 35.5 Å². The maximum Gasteiger partial charge on any atom is 0.303 e. The molecule has 0 saturated heterocycles. The molecule has 3 heterocycles. The summed E-state index contributed by atoms with van der Waals surface area (Å²) in [7, 11) is 0. The number of nitrogens with one attached hydrogen (secondary N) is 2. The van der Waals surface area contributed by atoms with Crippen molar-refractivity contribution >= 4 is 40.6 Å². The Hall–Kier alpha value is -4.50. The molecule has 1 atom stereocenters. The maximum atomic E-state index is 13.6. The van der Waals surface area contributed by atoms with Crippen molar-refractivity contribution in [1.29, 1.82) is 0 Å². The van der Waals surface area contributed by atoms with Crippen LogP contribution in [-0.4, -0.2) is 29.3 Å². The highest BCUT2D eigenvalue weighted by Gasteiger charge is 2.34. The number of benzene rings is 2. The van der Waals surface area contributed by atoms with E-state index in [1.165, 1.54) is 11.8 Å². The van der Waals surface area contributed by atoms with Crippen molar-refractivity contribution in [1.82, 2.24) is 10.3 Å². The number of esters is 1. The summed E-state index contributed by atoms with van der Waals surface area (Å²) in [6.07, 6.45) is 0.987. The molecule has 0 spiro atoms. The summed E-state index contributed by atoms with van der Waals surface area (Å²) < 4.78 is 5.66. The average molecular weight is 527 g/mol. The number of thiophene rings is 1. The van der Waals surface area contributed by atoms with Crippen molar-refractivity contribution in [2.24, 2.45) is 0 Å². The number of ether oxygens (including phenoxy) is 1. The molecule has 1 aliphatic rings. The number of pyridine rings is 1. The highest BCUT2D eigenvalue weighted by atomic mass is 32.1. The van der Waals surface area contributed by atoms with Gasteiger partial charge in [-0.05, 0) is 41.3 Å². The van der Waals surface area contributed by atoms with Crippen LogP contribution in [0, 0.1) is 0 Å². The SMILES string of the molecule is CC(=O)OC1c2ccccc2C(=O)N(CC(=O)NCc2cc(CNc3ccccn3)cs2)c2ccccc21. The second kappa shape index (κ2) is 11.3. The number of hydrogen-bond donors (Lipinski definition) is 2. The Morgan fingerprint density at radius 2 is 1.76 bits per heavy atom. The third kappa shape index (κ3) is 5.57. The smallest absolute Gasteiger partial charge is 0.303 e. The summed E-state index contributed by atoms with van der Waals surface area (Å²) in [5.74, 6) is -0.271. The Labute approximate surface area is 224 Å². The Morgan fingerprint density at radius 3 is 2.55 bits per heavy atom. The number of hydrogen-bond acceptors (Lipinski definition) is 7. The number of rotatable bonds is 8. The number of nitrogens with zero attached hydrogens (tertiary/aromatic N) is 2. The van der Waals surface area contributed by atoms with E-state index in [-0.39, 0.29) is 18.4 Å². The molecular weight excluding hydrogens is 500 g/mol. The minimum absolute atomic E-state index is 0.170. The van der Waals surface area contributed by atoms with Crippen molar-refractivity contribution in [2.45, 2.75) is 26.1 Å². The molecule has 2 amide bonds. The number of para-hydroxylation sites is 1. The van der Waals surface area contributed by atoms with Gasteiger partial charge in [0, 0.05) is 41.2 Å². The van der Waals surface area contributed by atoms with E-state index in [1.807, 2.05) is 41.8 Å². The Kier molecular flexibility index (Phi) is 7.46. The van der Waals surface area contributed by atoms with Gasteiger partial charge in [0.15, 0.2) is 6.10 Å². The molecule has 9 heteroatoms. The summed E-state index contributed by atoms with van der Waals surface area (Å²) in [6.45, 7) is 2.15. The molecule has 0 radical (unpaired) electrons. The first-order valence-corrected chi connectivity index (χ1v) is 13.0. The fourth-order valence-corrected chi connectivity index (χ4v) is 5.23. The van der Waals surface area contributed by atoms with E-state index >= 15 is 0 Å². The van der Waals surface area contributed by atoms with E-state index in [2.05, 4.69) is 15.6 Å². The van der Waals surface area contributed by atoms with Crippen LogP contribution in [0.1, 0.15) is 45.0 Å². The third-order valence-corrected chi connectivity index (χ3v) is 7.11. The number of fused-ring (bicyclic) bond motifs is 2. The zero-order valence-corrected chi connectivity index (χ0v) is 21.5. The topological polar surface area (TPSA) is 101 Å². The molecule has 8 nitrogen and oxygen atoms in total. The van der Waals surface area contributed by atoms with Crippen LogP contribution in [0.3, 0.4) is 0 Å². The number of carbonyl (C=O) groups is 3. The van der Waals surface area contributed by atoms with Gasteiger partial charge < -0.3 is 15.4 Å². The molecule has 1 unspecified atom stereocenters. The molecule has 0 fully saturated rings. The van der Waals surface area contributed by atoms with Crippen LogP contribution >= 0.6 is 11.3 Å². The van der Waals surface area contributed by atoms with Gasteiger partial charge in [0.1, 0.15) is 12.4 Å². The van der Waals surface area contributed by atoms with E-state index in [9.17, 15) is 14.4 Å². The second-order valence-corrected chi connectivity index (χ2v) is 9.79. The largest absolute Gasteiger partial charge is 0.453 e. The first-order chi connectivity index (χ1) is 18.5. The normalized spacial score (nSPS) is 14.2. The lowest BCUT2D eigenvalue weighted by Gasteiger charge is -2.23. The summed E-state index contributed by atoms with van der Waals surface area (Å²) in [6, 6.07) is 22.0. The van der Waals surface area contributed by atoms with Gasteiger partial charge in [-0.25, -0.2) is 4.98 Å². The lowest BCUT2D eigenvalue weighted by Crippen LogP contribution is -2.40. The Bertz CT molecular complexity index is 1470. The molecule has 38 heavy (non-hydrogen) atoms. The zero-order chi connectivity index (χ0) is 26.5. The lowest BCUT2D eigenvalue weighted by molar-refractivity contribution is -0.144. The molecule has 2 N–H and O–H groups in total. The summed E-state index contributed by atoms with van der Waals surface area (Å²) >= 11 is 1.56. The maximum absolute atomic E-state index is 13.6. The molecule has 0 saturated carbocycles. The third-order valence-electron chi connectivity index (χ3n) is 6.12. The predicted molar refractivity (Wildman–Crippen MR) is 146 cm³/mol. The van der Waals surface area contributed by atoms with E-state index < -0.39 is 12.1 Å². The van der Waals surface area contributed by atoms with Crippen LogP contribution in [-0.2, 0) is 27.4 Å². The minimum Gasteiger partial charge on any atom is -0.453 e. The lowest BCUT2D eigenvalue weighted by atomic mass is 9.97. The summed E-state index contributed by atoms with van der Waals surface area (Å²) in [5, 5.41) is 8.24. The van der Waals surface area contributed by atoms with Gasteiger partial charge in [-0.15, -0.1) is 11.3 Å². The van der Waals surface area contributed by atoms with Crippen LogP contribution in [0.15, 0.2) is 84.4 Å². The van der Waals surface area contributed by atoms with Crippen LogP contribution in [0.4, 0.5) is 11.5 Å². The van der Waals surface area contributed by atoms with E-state index in [0.717, 1.165) is 16.3 Å². The van der Waals surface area contributed by atoms with E-state index in [4.69, 9.17) is 4.74 Å². The van der Waals surface area contributed by atoms with Crippen molar-refractivity contribution < 1.29 is 19.1 Å². The fourth-order valence-electron chi connectivity index (χ4n) is 4.40. The molecule has 0 bridgehead atoms. The van der Waals surface area contributed by atoms with Gasteiger partial charge in [-0.2, -0.15) is 0 Å². The molecule has 2 aromatic heterocycles. The van der Waals surface area contributed by atoms with Crippen molar-refractivity contribution in [3.63, 3.8) is 0 Å². The van der Waals surface area contributed by atoms with Crippen molar-refractivity contribution in [3.8, 4) is 0 Å². The van der Waals surface area contributed by atoms with Crippen LogP contribution in [0.2, 0.25) is 0 Å². The van der Waals surface area contributed by atoms with Crippen molar-refractivity contribution in [3.05, 3.63) is 112 Å². The van der Waals surface area contributed by atoms with Crippen LogP contribution < -0.4 is 15.5 Å². The molecule has 2 aromatic carbocycles. The van der Waals surface area contributed by atoms with Crippen molar-refractivity contribution in [2.75, 3.05) is 16.8 Å². The molecule has 192 valence electrons. The Balaban J connectivity index is 1.29. The number of carbonyl (C=O) groups excluding carboxylic acids is 3. The number of anilines is 2. The summed E-state index contributed by atoms with van der Waals surface area (Å²) in [5.41, 5.74) is 3.26. The monoisotopic (exact) mass is 526 g/mol. The number of amides is 2. The van der Waals surface area contributed by atoms with Gasteiger partial charge in [0.05, 0.1) is 12.2 Å². The number of aromatic nitrogens is 1. The first kappa shape index (κ1) is 25.2. The average Bonchev–Trinajstić information content (AvgIpc) is 3.37. The zero-order valence-electron chi connectivity index (χ0n) is 20.7. The molecule has 4 aromatic rings. The Morgan fingerprint density at radius 1 is 1.00 bits per heavy atom. The molecular formula is C29H26N4O4S. The highest BCUT2D eigenvalue weighted by Crippen LogP contribution is 2.39. The summed E-state index contributed by atoms with van der Waals surface area (Å²) in [4.78, 5) is 45.3.